The molecule has 1 heterocycles. The number of ketones is 1. The minimum absolute atomic E-state index is 0.0157. The van der Waals surface area contributed by atoms with Crippen LogP contribution in [-0.2, 0) is 6.54 Å². The lowest BCUT2D eigenvalue weighted by Gasteiger charge is -2.09. The van der Waals surface area contributed by atoms with Crippen LogP contribution >= 0.6 is 11.3 Å². The second kappa shape index (κ2) is 8.51. The Morgan fingerprint density at radius 1 is 0.889 bits per heavy atom. The summed E-state index contributed by atoms with van der Waals surface area (Å²) >= 11 is 1.38. The fourth-order valence-corrected chi connectivity index (χ4v) is 3.48. The van der Waals surface area contributed by atoms with Gasteiger partial charge in [-0.25, -0.2) is 0 Å². The number of rotatable bonds is 7. The number of hydrogen-bond acceptors (Lipinski definition) is 5. The van der Waals surface area contributed by atoms with Crippen LogP contribution in [0.25, 0.3) is 0 Å². The topological polar surface area (TPSA) is 64.6 Å². The third-order valence-electron chi connectivity index (χ3n) is 3.99. The summed E-state index contributed by atoms with van der Waals surface area (Å²) in [6.07, 6.45) is 0. The van der Waals surface area contributed by atoms with Gasteiger partial charge in [0.25, 0.3) is 5.91 Å². The van der Waals surface area contributed by atoms with E-state index in [1.165, 1.54) is 18.4 Å². The molecule has 138 valence electrons. The smallest absolute Gasteiger partial charge is 0.251 e. The predicted octanol–water partition coefficient (Wildman–Crippen LogP) is 3.93. The molecule has 0 saturated carbocycles. The predicted molar refractivity (Wildman–Crippen MR) is 105 cm³/mol. The van der Waals surface area contributed by atoms with Crippen molar-refractivity contribution in [2.75, 3.05) is 14.2 Å². The number of hydrogen-bond donors (Lipinski definition) is 1. The lowest BCUT2D eigenvalue weighted by Crippen LogP contribution is -2.22. The van der Waals surface area contributed by atoms with Gasteiger partial charge in [0.2, 0.25) is 5.78 Å². The summed E-state index contributed by atoms with van der Waals surface area (Å²) < 4.78 is 10.4. The van der Waals surface area contributed by atoms with Crippen LogP contribution in [0, 0.1) is 0 Å². The Labute approximate surface area is 161 Å². The standard InChI is InChI=1S/C21H19NO4S/c1-25-17-10-8-15(12-18(17)26-2)21(24)22-13-16-9-11-19(27-16)20(23)14-6-4-3-5-7-14/h3-12H,13H2,1-2H3,(H,22,24). The van der Waals surface area contributed by atoms with Gasteiger partial charge < -0.3 is 14.8 Å². The first-order chi connectivity index (χ1) is 13.1. The van der Waals surface area contributed by atoms with Crippen LogP contribution < -0.4 is 14.8 Å². The highest BCUT2D eigenvalue weighted by atomic mass is 32.1. The summed E-state index contributed by atoms with van der Waals surface area (Å²) in [6.45, 7) is 0.347. The molecule has 1 N–H and O–H groups in total. The van der Waals surface area contributed by atoms with E-state index in [0.717, 1.165) is 4.88 Å². The molecule has 6 heteroatoms. The molecule has 0 spiro atoms. The highest BCUT2D eigenvalue weighted by Crippen LogP contribution is 2.27. The molecule has 1 aromatic heterocycles. The average Bonchev–Trinajstić information content (AvgIpc) is 3.20. The summed E-state index contributed by atoms with van der Waals surface area (Å²) in [4.78, 5) is 26.4. The molecule has 0 bridgehead atoms. The first-order valence-electron chi connectivity index (χ1n) is 8.31. The van der Waals surface area contributed by atoms with Gasteiger partial charge in [-0.2, -0.15) is 0 Å². The maximum absolute atomic E-state index is 12.4. The van der Waals surface area contributed by atoms with Crippen LogP contribution in [0.3, 0.4) is 0 Å². The minimum atomic E-state index is -0.222. The second-order valence-electron chi connectivity index (χ2n) is 5.71. The number of carbonyl (C=O) groups excluding carboxylic acids is 2. The van der Waals surface area contributed by atoms with Crippen molar-refractivity contribution in [1.82, 2.24) is 5.32 Å². The van der Waals surface area contributed by atoms with Crippen molar-refractivity contribution < 1.29 is 19.1 Å². The van der Waals surface area contributed by atoms with E-state index in [4.69, 9.17) is 9.47 Å². The molecule has 0 atom stereocenters. The van der Waals surface area contributed by atoms with Crippen molar-refractivity contribution in [2.45, 2.75) is 6.54 Å². The highest BCUT2D eigenvalue weighted by Gasteiger charge is 2.13. The molecule has 0 aliphatic carbocycles. The third kappa shape index (κ3) is 4.35. The first kappa shape index (κ1) is 18.7. The monoisotopic (exact) mass is 381 g/mol. The van der Waals surface area contributed by atoms with E-state index in [0.29, 0.717) is 34.0 Å². The van der Waals surface area contributed by atoms with Gasteiger partial charge >= 0.3 is 0 Å². The molecule has 3 rings (SSSR count). The Morgan fingerprint density at radius 2 is 1.63 bits per heavy atom. The molecule has 5 nitrogen and oxygen atoms in total. The van der Waals surface area contributed by atoms with E-state index >= 15 is 0 Å². The zero-order chi connectivity index (χ0) is 19.2. The maximum Gasteiger partial charge on any atom is 0.251 e. The number of ether oxygens (including phenoxy) is 2. The van der Waals surface area contributed by atoms with Crippen molar-refractivity contribution in [3.63, 3.8) is 0 Å². The number of amides is 1. The largest absolute Gasteiger partial charge is 0.493 e. The molecular formula is C21H19NO4S. The van der Waals surface area contributed by atoms with Gasteiger partial charge in [0.05, 0.1) is 25.6 Å². The number of carbonyl (C=O) groups is 2. The van der Waals surface area contributed by atoms with E-state index < -0.39 is 0 Å². The van der Waals surface area contributed by atoms with E-state index in [1.807, 2.05) is 24.3 Å². The summed E-state index contributed by atoms with van der Waals surface area (Å²) in [6, 6.07) is 17.8. The summed E-state index contributed by atoms with van der Waals surface area (Å²) in [5, 5.41) is 2.86. The molecule has 27 heavy (non-hydrogen) atoms. The lowest BCUT2D eigenvalue weighted by molar-refractivity contribution is 0.0950. The van der Waals surface area contributed by atoms with Gasteiger partial charge in [-0.3, -0.25) is 9.59 Å². The Morgan fingerprint density at radius 3 is 2.33 bits per heavy atom. The van der Waals surface area contributed by atoms with Gasteiger partial charge in [0.1, 0.15) is 0 Å². The molecule has 0 unspecified atom stereocenters. The molecule has 0 fully saturated rings. The Kier molecular flexibility index (Phi) is 5.88. The molecule has 3 aromatic rings. The summed E-state index contributed by atoms with van der Waals surface area (Å²) in [7, 11) is 3.07. The van der Waals surface area contributed by atoms with Crippen LogP contribution in [0.15, 0.2) is 60.7 Å². The zero-order valence-electron chi connectivity index (χ0n) is 15.0. The van der Waals surface area contributed by atoms with Crippen LogP contribution in [0.5, 0.6) is 11.5 Å². The molecule has 2 aromatic carbocycles. The van der Waals surface area contributed by atoms with Crippen LogP contribution in [0.1, 0.15) is 30.5 Å². The summed E-state index contributed by atoms with van der Waals surface area (Å²) in [5.74, 6) is 0.826. The number of thiophene rings is 1. The Balaban J connectivity index is 1.65. The summed E-state index contributed by atoms with van der Waals surface area (Å²) in [5.41, 5.74) is 1.13. The fraction of sp³-hybridized carbons (Fsp3) is 0.143. The van der Waals surface area contributed by atoms with Crippen LogP contribution in [-0.4, -0.2) is 25.9 Å². The Hall–Kier alpha value is -3.12. The Bertz CT molecular complexity index is 950. The van der Waals surface area contributed by atoms with Gasteiger partial charge in [-0.05, 0) is 30.3 Å². The number of benzene rings is 2. The van der Waals surface area contributed by atoms with Gasteiger partial charge in [0, 0.05) is 16.0 Å². The van der Waals surface area contributed by atoms with Crippen molar-refractivity contribution in [2.24, 2.45) is 0 Å². The molecule has 0 aliphatic rings. The van der Waals surface area contributed by atoms with E-state index in [1.54, 1.807) is 43.5 Å². The molecular weight excluding hydrogens is 362 g/mol. The van der Waals surface area contributed by atoms with E-state index in [2.05, 4.69) is 5.32 Å². The second-order valence-corrected chi connectivity index (χ2v) is 6.88. The normalized spacial score (nSPS) is 10.3. The minimum Gasteiger partial charge on any atom is -0.493 e. The van der Waals surface area contributed by atoms with Gasteiger partial charge in [0.15, 0.2) is 11.5 Å². The van der Waals surface area contributed by atoms with E-state index in [9.17, 15) is 9.59 Å². The van der Waals surface area contributed by atoms with Crippen molar-refractivity contribution >= 4 is 23.0 Å². The third-order valence-corrected chi connectivity index (χ3v) is 5.07. The highest BCUT2D eigenvalue weighted by molar-refractivity contribution is 7.14. The van der Waals surface area contributed by atoms with Gasteiger partial charge in [-0.1, -0.05) is 30.3 Å². The average molecular weight is 381 g/mol. The number of nitrogens with one attached hydrogen (secondary N) is 1. The quantitative estimate of drug-likeness (QED) is 0.630. The SMILES string of the molecule is COc1ccc(C(=O)NCc2ccc(C(=O)c3ccccc3)s2)cc1OC. The van der Waals surface area contributed by atoms with Gasteiger partial charge in [-0.15, -0.1) is 11.3 Å². The van der Waals surface area contributed by atoms with Crippen molar-refractivity contribution in [3.05, 3.63) is 81.5 Å². The zero-order valence-corrected chi connectivity index (χ0v) is 15.8. The van der Waals surface area contributed by atoms with E-state index in [-0.39, 0.29) is 11.7 Å². The van der Waals surface area contributed by atoms with Crippen LogP contribution in [0.2, 0.25) is 0 Å². The number of methoxy groups -OCH3 is 2. The molecule has 0 aliphatic heterocycles. The van der Waals surface area contributed by atoms with Crippen molar-refractivity contribution in [1.29, 1.82) is 0 Å². The fourth-order valence-electron chi connectivity index (χ4n) is 2.57. The molecule has 0 saturated heterocycles. The first-order valence-corrected chi connectivity index (χ1v) is 9.12. The molecule has 0 radical (unpaired) electrons. The maximum atomic E-state index is 12.4. The lowest BCUT2D eigenvalue weighted by atomic mass is 10.1. The van der Waals surface area contributed by atoms with Crippen LogP contribution in [0.4, 0.5) is 0 Å². The molecule has 1 amide bonds. The van der Waals surface area contributed by atoms with Crippen molar-refractivity contribution in [3.8, 4) is 11.5 Å².